The minimum Gasteiger partial charge on any atom is -0.507 e. The third-order valence-electron chi connectivity index (χ3n) is 5.65. The van der Waals surface area contributed by atoms with Crippen molar-refractivity contribution in [3.63, 3.8) is 0 Å². The molecule has 1 aromatic carbocycles. The summed E-state index contributed by atoms with van der Waals surface area (Å²) in [5.41, 5.74) is 2.83. The van der Waals surface area contributed by atoms with Gasteiger partial charge in [0.2, 0.25) is 0 Å². The molecule has 0 bridgehead atoms. The smallest absolute Gasteiger partial charge is 0.370 e. The van der Waals surface area contributed by atoms with Gasteiger partial charge in [0, 0.05) is 5.56 Å². The Morgan fingerprint density at radius 1 is 0.811 bits per heavy atom. The molecule has 2 rings (SSSR count). The SMILES string of the molecule is CC(C)OP(=O)(OC(C)C)C(=Cc1cc2c(c(O)c1C(C)(C)C)CCCC2)P(=O)(OC(C)C)OC(C)C. The van der Waals surface area contributed by atoms with Crippen molar-refractivity contribution in [3.8, 4) is 5.75 Å². The van der Waals surface area contributed by atoms with Crippen molar-refractivity contribution in [1.82, 2.24) is 0 Å². The van der Waals surface area contributed by atoms with Crippen molar-refractivity contribution in [2.75, 3.05) is 0 Å². The zero-order valence-corrected chi connectivity index (χ0v) is 26.4. The van der Waals surface area contributed by atoms with Gasteiger partial charge in [0.05, 0.1) is 24.4 Å². The van der Waals surface area contributed by atoms with Crippen molar-refractivity contribution in [2.24, 2.45) is 0 Å². The lowest BCUT2D eigenvalue weighted by Gasteiger charge is -2.32. The molecule has 7 nitrogen and oxygen atoms in total. The van der Waals surface area contributed by atoms with E-state index < -0.39 is 45.0 Å². The Bertz CT molecular complexity index is 997. The average Bonchev–Trinajstić information content (AvgIpc) is 2.68. The normalized spacial score (nSPS) is 15.1. The third-order valence-corrected chi connectivity index (χ3v) is 11.3. The van der Waals surface area contributed by atoms with Crippen LogP contribution in [-0.4, -0.2) is 29.5 Å². The number of aryl methyl sites for hydroxylation is 1. The number of benzene rings is 1. The summed E-state index contributed by atoms with van der Waals surface area (Å²) in [6, 6.07) is 2.01. The summed E-state index contributed by atoms with van der Waals surface area (Å²) in [5, 5.41) is 11.3. The largest absolute Gasteiger partial charge is 0.507 e. The summed E-state index contributed by atoms with van der Waals surface area (Å²) in [6.07, 6.45) is 3.30. The predicted octanol–water partition coefficient (Wildman–Crippen LogP) is 8.95. The number of hydrogen-bond acceptors (Lipinski definition) is 7. The monoisotopic (exact) mass is 558 g/mol. The van der Waals surface area contributed by atoms with Gasteiger partial charge in [-0.1, -0.05) is 26.8 Å². The van der Waals surface area contributed by atoms with E-state index in [-0.39, 0.29) is 10.8 Å². The summed E-state index contributed by atoms with van der Waals surface area (Å²) in [7, 11) is -8.38. The molecule has 0 spiro atoms. The summed E-state index contributed by atoms with van der Waals surface area (Å²) in [4.78, 5) is 0. The molecular formula is C28H48O7P2. The minimum atomic E-state index is -4.19. The Morgan fingerprint density at radius 3 is 1.59 bits per heavy atom. The van der Waals surface area contributed by atoms with E-state index in [1.165, 1.54) is 0 Å². The maximum absolute atomic E-state index is 14.6. The van der Waals surface area contributed by atoms with Crippen LogP contribution in [0.5, 0.6) is 5.75 Å². The second-order valence-corrected chi connectivity index (χ2v) is 16.0. The van der Waals surface area contributed by atoms with Crippen LogP contribution in [0.2, 0.25) is 0 Å². The Balaban J connectivity index is 3.03. The standard InChI is InChI=1S/C28H48O7P2/c1-18(2)32-36(30,33-19(3)4)25(37(31,34-20(5)6)35-21(7)8)17-23-16-22-14-12-13-15-24(22)27(29)26(23)28(9,10)11/h16-21,29H,12-15H2,1-11H3. The van der Waals surface area contributed by atoms with Crippen LogP contribution in [0.25, 0.3) is 6.08 Å². The number of rotatable bonds is 11. The van der Waals surface area contributed by atoms with Crippen LogP contribution >= 0.6 is 15.2 Å². The van der Waals surface area contributed by atoms with E-state index in [4.69, 9.17) is 18.1 Å². The molecule has 37 heavy (non-hydrogen) atoms. The Morgan fingerprint density at radius 2 is 1.22 bits per heavy atom. The van der Waals surface area contributed by atoms with Crippen molar-refractivity contribution < 1.29 is 32.3 Å². The average molecular weight is 559 g/mol. The fourth-order valence-electron chi connectivity index (χ4n) is 4.63. The summed E-state index contributed by atoms with van der Waals surface area (Å²) < 4.78 is 52.9. The maximum Gasteiger partial charge on any atom is 0.370 e. The molecule has 0 saturated carbocycles. The Labute approximate surface area is 224 Å². The number of hydrogen-bond donors (Lipinski definition) is 1. The highest BCUT2D eigenvalue weighted by molar-refractivity contribution is 7.79. The first-order valence-corrected chi connectivity index (χ1v) is 16.5. The molecule has 0 radical (unpaired) electrons. The van der Waals surface area contributed by atoms with Crippen LogP contribution in [0.15, 0.2) is 11.1 Å². The van der Waals surface area contributed by atoms with Crippen LogP contribution in [0.4, 0.5) is 0 Å². The minimum absolute atomic E-state index is 0.148. The van der Waals surface area contributed by atoms with Crippen molar-refractivity contribution in [1.29, 1.82) is 0 Å². The molecule has 0 aromatic heterocycles. The van der Waals surface area contributed by atoms with Crippen LogP contribution in [0, 0.1) is 0 Å². The summed E-state index contributed by atoms with van der Waals surface area (Å²) in [6.45, 7) is 20.0. The molecule has 1 aliphatic carbocycles. The fraction of sp³-hybridized carbons (Fsp3) is 0.714. The van der Waals surface area contributed by atoms with E-state index in [0.29, 0.717) is 11.1 Å². The van der Waals surface area contributed by atoms with Crippen LogP contribution in [-0.2, 0) is 45.5 Å². The van der Waals surface area contributed by atoms with Gasteiger partial charge < -0.3 is 23.2 Å². The number of phenolic OH excluding ortho intramolecular Hbond substituents is 1. The number of phenols is 1. The van der Waals surface area contributed by atoms with E-state index in [2.05, 4.69) is 0 Å². The lowest BCUT2D eigenvalue weighted by atomic mass is 9.78. The van der Waals surface area contributed by atoms with Gasteiger partial charge in [0.1, 0.15) is 5.75 Å². The van der Waals surface area contributed by atoms with Gasteiger partial charge in [-0.15, -0.1) is 0 Å². The molecular weight excluding hydrogens is 510 g/mol. The second-order valence-electron chi connectivity index (χ2n) is 11.9. The molecule has 9 heteroatoms. The van der Waals surface area contributed by atoms with E-state index in [1.807, 2.05) is 26.8 Å². The Hall–Kier alpha value is -0.940. The highest BCUT2D eigenvalue weighted by Gasteiger charge is 2.48. The van der Waals surface area contributed by atoms with Gasteiger partial charge in [-0.05, 0) is 109 Å². The van der Waals surface area contributed by atoms with Gasteiger partial charge in [-0.25, -0.2) is 0 Å². The molecule has 0 saturated heterocycles. The third kappa shape index (κ3) is 8.27. The highest BCUT2D eigenvalue weighted by atomic mass is 31.2. The van der Waals surface area contributed by atoms with Gasteiger partial charge >= 0.3 is 15.2 Å². The molecule has 212 valence electrons. The quantitative estimate of drug-likeness (QED) is 0.271. The fourth-order valence-corrected chi connectivity index (χ4v) is 9.74. The molecule has 0 fully saturated rings. The van der Waals surface area contributed by atoms with E-state index in [0.717, 1.165) is 36.8 Å². The van der Waals surface area contributed by atoms with Crippen LogP contribution < -0.4 is 0 Å². The van der Waals surface area contributed by atoms with Crippen LogP contribution in [0.1, 0.15) is 111 Å². The Kier molecular flexibility index (Phi) is 10.9. The molecule has 0 aliphatic heterocycles. The lowest BCUT2D eigenvalue weighted by molar-refractivity contribution is 0.138. The van der Waals surface area contributed by atoms with E-state index in [9.17, 15) is 14.2 Å². The zero-order chi connectivity index (χ0) is 28.3. The molecule has 1 N–H and O–H groups in total. The molecule has 0 unspecified atom stereocenters. The van der Waals surface area contributed by atoms with Gasteiger partial charge in [0.25, 0.3) is 0 Å². The number of fused-ring (bicyclic) bond motifs is 1. The zero-order valence-electron chi connectivity index (χ0n) is 24.6. The summed E-state index contributed by atoms with van der Waals surface area (Å²) in [5.74, 6) is 0.240. The predicted molar refractivity (Wildman–Crippen MR) is 152 cm³/mol. The van der Waals surface area contributed by atoms with Crippen molar-refractivity contribution in [2.45, 2.75) is 132 Å². The first kappa shape index (κ1) is 32.3. The molecule has 0 atom stereocenters. The second kappa shape index (κ2) is 12.5. The van der Waals surface area contributed by atoms with Crippen molar-refractivity contribution >= 4 is 21.3 Å². The topological polar surface area (TPSA) is 91.3 Å². The van der Waals surface area contributed by atoms with Gasteiger partial charge in [0.15, 0.2) is 5.06 Å². The van der Waals surface area contributed by atoms with Crippen LogP contribution in [0.3, 0.4) is 0 Å². The molecule has 1 aromatic rings. The molecule has 0 amide bonds. The van der Waals surface area contributed by atoms with Gasteiger partial charge in [-0.3, -0.25) is 9.13 Å². The first-order chi connectivity index (χ1) is 16.9. The summed E-state index contributed by atoms with van der Waals surface area (Å²) >= 11 is 0. The van der Waals surface area contributed by atoms with Crippen molar-refractivity contribution in [3.05, 3.63) is 33.4 Å². The molecule has 1 aliphatic rings. The molecule has 0 heterocycles. The maximum atomic E-state index is 14.6. The lowest BCUT2D eigenvalue weighted by Crippen LogP contribution is -2.17. The van der Waals surface area contributed by atoms with E-state index in [1.54, 1.807) is 61.5 Å². The van der Waals surface area contributed by atoms with E-state index >= 15 is 0 Å². The van der Waals surface area contributed by atoms with Gasteiger partial charge in [-0.2, -0.15) is 0 Å². The number of aromatic hydroxyl groups is 1. The first-order valence-electron chi connectivity index (χ1n) is 13.4. The highest BCUT2D eigenvalue weighted by Crippen LogP contribution is 2.75.